The predicted molar refractivity (Wildman–Crippen MR) is 112 cm³/mol. The first-order chi connectivity index (χ1) is 14.8. The molecule has 31 heavy (non-hydrogen) atoms. The van der Waals surface area contributed by atoms with E-state index in [1.54, 1.807) is 19.1 Å². The SMILES string of the molecule is Cc1c(-c2noc(C(=O)NCCNC(=O)c3ccc(Cl)cc3Cl)n2)cccc1[N+](=O)[O-]. The van der Waals surface area contributed by atoms with Gasteiger partial charge in [0, 0.05) is 35.3 Å². The Morgan fingerprint density at radius 1 is 1.13 bits per heavy atom. The van der Waals surface area contributed by atoms with Gasteiger partial charge in [-0.1, -0.05) is 40.5 Å². The Morgan fingerprint density at radius 3 is 2.52 bits per heavy atom. The van der Waals surface area contributed by atoms with Crippen molar-refractivity contribution >= 4 is 40.7 Å². The second-order valence-electron chi connectivity index (χ2n) is 6.27. The van der Waals surface area contributed by atoms with Crippen molar-refractivity contribution in [2.75, 3.05) is 13.1 Å². The molecule has 0 aliphatic heterocycles. The van der Waals surface area contributed by atoms with E-state index in [0.29, 0.717) is 16.1 Å². The highest BCUT2D eigenvalue weighted by Crippen LogP contribution is 2.27. The molecule has 3 rings (SSSR count). The molecule has 0 saturated heterocycles. The second kappa shape index (κ2) is 9.54. The minimum atomic E-state index is -0.652. The van der Waals surface area contributed by atoms with Crippen LogP contribution in [-0.4, -0.2) is 40.0 Å². The summed E-state index contributed by atoms with van der Waals surface area (Å²) in [5.74, 6) is -1.33. The lowest BCUT2D eigenvalue weighted by Gasteiger charge is -2.07. The number of rotatable bonds is 7. The molecule has 0 unspecified atom stereocenters. The zero-order valence-electron chi connectivity index (χ0n) is 16.0. The number of nitro groups is 1. The van der Waals surface area contributed by atoms with Gasteiger partial charge in [-0.3, -0.25) is 19.7 Å². The molecular formula is C19H15Cl2N5O5. The molecule has 3 aromatic rings. The quantitative estimate of drug-likeness (QED) is 0.310. The third kappa shape index (κ3) is 5.16. The topological polar surface area (TPSA) is 140 Å². The molecule has 2 N–H and O–H groups in total. The normalized spacial score (nSPS) is 10.5. The molecule has 0 fully saturated rings. The van der Waals surface area contributed by atoms with Gasteiger partial charge in [0.1, 0.15) is 0 Å². The van der Waals surface area contributed by atoms with Crippen molar-refractivity contribution < 1.29 is 19.0 Å². The smallest absolute Gasteiger partial charge is 0.316 e. The van der Waals surface area contributed by atoms with Gasteiger partial charge in [0.05, 0.1) is 15.5 Å². The van der Waals surface area contributed by atoms with Crippen molar-refractivity contribution in [2.45, 2.75) is 6.92 Å². The number of hydrogen-bond donors (Lipinski definition) is 2. The Labute approximate surface area is 185 Å². The van der Waals surface area contributed by atoms with Gasteiger partial charge in [-0.2, -0.15) is 4.98 Å². The lowest BCUT2D eigenvalue weighted by atomic mass is 10.1. The number of nitrogens with zero attached hydrogens (tertiary/aromatic N) is 3. The molecule has 0 radical (unpaired) electrons. The Kier molecular flexibility index (Phi) is 6.83. The van der Waals surface area contributed by atoms with Crippen LogP contribution in [0.1, 0.15) is 26.6 Å². The largest absolute Gasteiger partial charge is 0.350 e. The van der Waals surface area contributed by atoms with Crippen molar-refractivity contribution in [3.8, 4) is 11.4 Å². The average Bonchev–Trinajstić information content (AvgIpc) is 3.21. The third-order valence-electron chi connectivity index (χ3n) is 4.23. The maximum absolute atomic E-state index is 12.2. The summed E-state index contributed by atoms with van der Waals surface area (Å²) in [6.07, 6.45) is 0. The number of aromatic nitrogens is 2. The number of hydrogen-bond acceptors (Lipinski definition) is 7. The minimum Gasteiger partial charge on any atom is -0.350 e. The maximum atomic E-state index is 12.2. The molecule has 2 amide bonds. The molecule has 0 bridgehead atoms. The molecule has 2 aromatic carbocycles. The number of carbonyl (C=O) groups is 2. The van der Waals surface area contributed by atoms with Crippen LogP contribution in [-0.2, 0) is 0 Å². The highest BCUT2D eigenvalue weighted by atomic mass is 35.5. The molecule has 1 aromatic heterocycles. The Balaban J connectivity index is 1.57. The zero-order valence-corrected chi connectivity index (χ0v) is 17.5. The van der Waals surface area contributed by atoms with Crippen molar-refractivity contribution in [1.29, 1.82) is 0 Å². The van der Waals surface area contributed by atoms with Crippen LogP contribution in [0.2, 0.25) is 10.0 Å². The van der Waals surface area contributed by atoms with Crippen LogP contribution < -0.4 is 10.6 Å². The zero-order chi connectivity index (χ0) is 22.5. The van der Waals surface area contributed by atoms with Crippen LogP contribution >= 0.6 is 23.2 Å². The van der Waals surface area contributed by atoms with Gasteiger partial charge in [-0.05, 0) is 25.1 Å². The van der Waals surface area contributed by atoms with Gasteiger partial charge in [-0.25, -0.2) is 0 Å². The fourth-order valence-electron chi connectivity index (χ4n) is 2.69. The molecule has 0 saturated carbocycles. The van der Waals surface area contributed by atoms with Gasteiger partial charge in [0.15, 0.2) is 0 Å². The monoisotopic (exact) mass is 463 g/mol. The van der Waals surface area contributed by atoms with Crippen molar-refractivity contribution in [3.05, 3.63) is 73.6 Å². The van der Waals surface area contributed by atoms with E-state index < -0.39 is 16.7 Å². The summed E-state index contributed by atoms with van der Waals surface area (Å²) in [4.78, 5) is 38.9. The molecule has 0 spiro atoms. The van der Waals surface area contributed by atoms with E-state index >= 15 is 0 Å². The van der Waals surface area contributed by atoms with Gasteiger partial charge in [-0.15, -0.1) is 0 Å². The van der Waals surface area contributed by atoms with E-state index in [9.17, 15) is 19.7 Å². The highest BCUT2D eigenvalue weighted by molar-refractivity contribution is 6.36. The maximum Gasteiger partial charge on any atom is 0.316 e. The number of carbonyl (C=O) groups excluding carboxylic acids is 2. The second-order valence-corrected chi connectivity index (χ2v) is 7.11. The predicted octanol–water partition coefficient (Wildman–Crippen LogP) is 3.42. The summed E-state index contributed by atoms with van der Waals surface area (Å²) in [5.41, 5.74) is 0.893. The van der Waals surface area contributed by atoms with E-state index in [1.807, 2.05) is 0 Å². The van der Waals surface area contributed by atoms with Gasteiger partial charge in [0.2, 0.25) is 5.82 Å². The summed E-state index contributed by atoms with van der Waals surface area (Å²) in [5, 5.41) is 20.5. The molecule has 0 atom stereocenters. The average molecular weight is 464 g/mol. The molecular weight excluding hydrogens is 449 g/mol. The number of benzene rings is 2. The first-order valence-corrected chi connectivity index (χ1v) is 9.63. The summed E-state index contributed by atoms with van der Waals surface area (Å²) >= 11 is 11.8. The van der Waals surface area contributed by atoms with E-state index in [4.69, 9.17) is 27.7 Å². The van der Waals surface area contributed by atoms with Gasteiger partial charge < -0.3 is 15.2 Å². The number of nitrogens with one attached hydrogen (secondary N) is 2. The Bertz CT molecular complexity index is 1160. The van der Waals surface area contributed by atoms with E-state index in [-0.39, 0.29) is 41.1 Å². The summed E-state index contributed by atoms with van der Waals surface area (Å²) < 4.78 is 4.95. The number of nitro benzene ring substituents is 1. The molecule has 0 aliphatic rings. The Morgan fingerprint density at radius 2 is 1.84 bits per heavy atom. The standard InChI is InChI=1S/C19H15Cl2N5O5/c1-10-12(3-2-4-15(10)26(29)30)16-24-19(31-25-16)18(28)23-8-7-22-17(27)13-6-5-11(20)9-14(13)21/h2-6,9H,7-8H2,1H3,(H,22,27)(H,23,28). The van der Waals surface area contributed by atoms with Gasteiger partial charge in [0.25, 0.3) is 11.6 Å². The van der Waals surface area contributed by atoms with Crippen LogP contribution in [0.5, 0.6) is 0 Å². The van der Waals surface area contributed by atoms with Crippen LogP contribution in [0.25, 0.3) is 11.4 Å². The molecule has 160 valence electrons. The van der Waals surface area contributed by atoms with E-state index in [1.165, 1.54) is 24.3 Å². The van der Waals surface area contributed by atoms with Crippen LogP contribution in [0.15, 0.2) is 40.9 Å². The summed E-state index contributed by atoms with van der Waals surface area (Å²) in [7, 11) is 0. The first-order valence-electron chi connectivity index (χ1n) is 8.87. The number of halogens is 2. The van der Waals surface area contributed by atoms with Crippen molar-refractivity contribution in [3.63, 3.8) is 0 Å². The molecule has 10 nitrogen and oxygen atoms in total. The van der Waals surface area contributed by atoms with Crippen molar-refractivity contribution in [2.24, 2.45) is 0 Å². The Hall–Kier alpha value is -3.50. The fourth-order valence-corrected chi connectivity index (χ4v) is 3.18. The van der Waals surface area contributed by atoms with Crippen molar-refractivity contribution in [1.82, 2.24) is 20.8 Å². The van der Waals surface area contributed by atoms with Crippen LogP contribution in [0.4, 0.5) is 5.69 Å². The third-order valence-corrected chi connectivity index (χ3v) is 4.78. The van der Waals surface area contributed by atoms with E-state index in [0.717, 1.165) is 0 Å². The van der Waals surface area contributed by atoms with E-state index in [2.05, 4.69) is 20.8 Å². The molecule has 12 heteroatoms. The van der Waals surface area contributed by atoms with Crippen LogP contribution in [0.3, 0.4) is 0 Å². The molecule has 1 heterocycles. The fraction of sp³-hybridized carbons (Fsp3) is 0.158. The first kappa shape index (κ1) is 22.2. The number of amides is 2. The van der Waals surface area contributed by atoms with Gasteiger partial charge >= 0.3 is 11.8 Å². The lowest BCUT2D eigenvalue weighted by Crippen LogP contribution is -2.34. The summed E-state index contributed by atoms with van der Waals surface area (Å²) in [6.45, 7) is 1.76. The molecule has 0 aliphatic carbocycles. The lowest BCUT2D eigenvalue weighted by molar-refractivity contribution is -0.385. The minimum absolute atomic E-state index is 0.0528. The highest BCUT2D eigenvalue weighted by Gasteiger charge is 2.20. The summed E-state index contributed by atoms with van der Waals surface area (Å²) in [6, 6.07) is 8.93. The van der Waals surface area contributed by atoms with Crippen LogP contribution in [0, 0.1) is 17.0 Å².